The number of hydrogen-bond donors (Lipinski definition) is 1. The molecule has 0 fully saturated rings. The van der Waals surface area contributed by atoms with E-state index in [9.17, 15) is 9.18 Å². The standard InChI is InChI=1S/C13H11ClFN3O/c1-8-16-6-5-11(17-8)9-3-2-4-10(7-9)18-13(19)12(14)15/h2-7,12H,1H3,(H,18,19). The molecule has 0 saturated carbocycles. The van der Waals surface area contributed by atoms with E-state index in [-0.39, 0.29) is 0 Å². The zero-order chi connectivity index (χ0) is 13.8. The van der Waals surface area contributed by atoms with E-state index in [1.807, 2.05) is 6.07 Å². The molecule has 0 saturated heterocycles. The van der Waals surface area contributed by atoms with Gasteiger partial charge in [-0.05, 0) is 25.1 Å². The van der Waals surface area contributed by atoms with Crippen molar-refractivity contribution in [1.29, 1.82) is 0 Å². The Bertz CT molecular complexity index is 604. The van der Waals surface area contributed by atoms with Crippen molar-refractivity contribution in [2.75, 3.05) is 5.32 Å². The first-order valence-corrected chi connectivity index (χ1v) is 5.99. The van der Waals surface area contributed by atoms with Gasteiger partial charge in [0.05, 0.1) is 5.69 Å². The lowest BCUT2D eigenvalue weighted by Gasteiger charge is -2.07. The summed E-state index contributed by atoms with van der Waals surface area (Å²) in [7, 11) is 0. The van der Waals surface area contributed by atoms with Crippen LogP contribution in [0, 0.1) is 6.92 Å². The number of amides is 1. The smallest absolute Gasteiger partial charge is 0.274 e. The number of halogens is 2. The largest absolute Gasteiger partial charge is 0.322 e. The lowest BCUT2D eigenvalue weighted by molar-refractivity contribution is -0.118. The first-order valence-electron chi connectivity index (χ1n) is 5.55. The van der Waals surface area contributed by atoms with Gasteiger partial charge in [-0.3, -0.25) is 4.79 Å². The Morgan fingerprint density at radius 2 is 2.21 bits per heavy atom. The third kappa shape index (κ3) is 3.48. The molecule has 1 atom stereocenters. The van der Waals surface area contributed by atoms with Crippen LogP contribution in [0.4, 0.5) is 10.1 Å². The molecule has 2 rings (SSSR count). The Morgan fingerprint density at radius 3 is 2.89 bits per heavy atom. The molecule has 98 valence electrons. The van der Waals surface area contributed by atoms with Crippen molar-refractivity contribution in [2.45, 2.75) is 12.6 Å². The monoisotopic (exact) mass is 279 g/mol. The zero-order valence-corrected chi connectivity index (χ0v) is 10.9. The van der Waals surface area contributed by atoms with Crippen LogP contribution in [0.25, 0.3) is 11.3 Å². The number of nitrogens with one attached hydrogen (secondary N) is 1. The molecule has 0 bridgehead atoms. The maximum absolute atomic E-state index is 12.6. The highest BCUT2D eigenvalue weighted by Crippen LogP contribution is 2.21. The van der Waals surface area contributed by atoms with Crippen LogP contribution in [0.1, 0.15) is 5.82 Å². The zero-order valence-electron chi connectivity index (χ0n) is 10.1. The number of rotatable bonds is 3. The minimum Gasteiger partial charge on any atom is -0.322 e. The fourth-order valence-corrected chi connectivity index (χ4v) is 1.62. The van der Waals surface area contributed by atoms with Crippen molar-refractivity contribution >= 4 is 23.2 Å². The highest BCUT2D eigenvalue weighted by molar-refractivity contribution is 6.31. The van der Waals surface area contributed by atoms with Crippen LogP contribution in [0.3, 0.4) is 0 Å². The molecular weight excluding hydrogens is 269 g/mol. The lowest BCUT2D eigenvalue weighted by atomic mass is 10.1. The van der Waals surface area contributed by atoms with Gasteiger partial charge in [-0.25, -0.2) is 14.4 Å². The molecule has 0 aliphatic carbocycles. The van der Waals surface area contributed by atoms with Gasteiger partial charge in [-0.2, -0.15) is 0 Å². The minimum atomic E-state index is -2.06. The molecular formula is C13H11ClFN3O. The number of benzene rings is 1. The van der Waals surface area contributed by atoms with Gasteiger partial charge in [0, 0.05) is 17.4 Å². The fraction of sp³-hybridized carbons (Fsp3) is 0.154. The molecule has 1 N–H and O–H groups in total. The van der Waals surface area contributed by atoms with E-state index < -0.39 is 11.5 Å². The van der Waals surface area contributed by atoms with E-state index in [0.29, 0.717) is 11.5 Å². The molecule has 2 aromatic rings. The second-order valence-electron chi connectivity index (χ2n) is 3.86. The van der Waals surface area contributed by atoms with Gasteiger partial charge in [0.1, 0.15) is 5.82 Å². The minimum absolute atomic E-state index is 0.460. The summed E-state index contributed by atoms with van der Waals surface area (Å²) < 4.78 is 12.6. The van der Waals surface area contributed by atoms with E-state index in [1.54, 1.807) is 37.4 Å². The summed E-state index contributed by atoms with van der Waals surface area (Å²) in [5.41, 5.74) is -0.0773. The normalized spacial score (nSPS) is 11.9. The molecule has 1 heterocycles. The van der Waals surface area contributed by atoms with Gasteiger partial charge < -0.3 is 5.32 Å². The number of nitrogens with zero attached hydrogens (tertiary/aromatic N) is 2. The molecule has 0 aliphatic rings. The van der Waals surface area contributed by atoms with E-state index in [2.05, 4.69) is 15.3 Å². The Hall–Kier alpha value is -2.01. The van der Waals surface area contributed by atoms with Crippen LogP contribution in [-0.4, -0.2) is 21.5 Å². The second kappa shape index (κ2) is 5.75. The summed E-state index contributed by atoms with van der Waals surface area (Å²) in [5.74, 6) is -0.241. The molecule has 1 amide bonds. The summed E-state index contributed by atoms with van der Waals surface area (Å²) in [4.78, 5) is 19.5. The third-order valence-corrected chi connectivity index (χ3v) is 2.60. The van der Waals surface area contributed by atoms with Crippen molar-refractivity contribution in [1.82, 2.24) is 9.97 Å². The summed E-state index contributed by atoms with van der Waals surface area (Å²) in [6, 6.07) is 8.68. The van der Waals surface area contributed by atoms with Crippen molar-refractivity contribution in [3.63, 3.8) is 0 Å². The van der Waals surface area contributed by atoms with Crippen LogP contribution in [0.15, 0.2) is 36.5 Å². The molecule has 1 aromatic carbocycles. The van der Waals surface area contributed by atoms with Gasteiger partial charge >= 0.3 is 0 Å². The van der Waals surface area contributed by atoms with Crippen molar-refractivity contribution in [3.8, 4) is 11.3 Å². The van der Waals surface area contributed by atoms with E-state index >= 15 is 0 Å². The third-order valence-electron chi connectivity index (χ3n) is 2.40. The number of carbonyl (C=O) groups is 1. The summed E-state index contributed by atoms with van der Waals surface area (Å²) >= 11 is 5.06. The van der Waals surface area contributed by atoms with Gasteiger partial charge in [0.25, 0.3) is 11.5 Å². The molecule has 0 radical (unpaired) electrons. The summed E-state index contributed by atoms with van der Waals surface area (Å²) in [6.45, 7) is 1.79. The SMILES string of the molecule is Cc1nccc(-c2cccc(NC(=O)C(F)Cl)c2)n1. The molecule has 4 nitrogen and oxygen atoms in total. The predicted octanol–water partition coefficient (Wildman–Crippen LogP) is 2.92. The lowest BCUT2D eigenvalue weighted by Crippen LogP contribution is -2.19. The highest BCUT2D eigenvalue weighted by Gasteiger charge is 2.13. The Labute approximate surface area is 114 Å². The summed E-state index contributed by atoms with van der Waals surface area (Å²) in [6.07, 6.45) is 1.65. The average molecular weight is 280 g/mol. The first kappa shape index (κ1) is 13.4. The number of aromatic nitrogens is 2. The van der Waals surface area contributed by atoms with Crippen LogP contribution < -0.4 is 5.32 Å². The maximum Gasteiger partial charge on any atom is 0.274 e. The number of anilines is 1. The Morgan fingerprint density at radius 1 is 1.42 bits per heavy atom. The van der Waals surface area contributed by atoms with E-state index in [4.69, 9.17) is 11.6 Å². The van der Waals surface area contributed by atoms with Gasteiger partial charge in [0.2, 0.25) is 0 Å². The fourth-order valence-electron chi connectivity index (χ4n) is 1.57. The topological polar surface area (TPSA) is 54.9 Å². The van der Waals surface area contributed by atoms with E-state index in [1.165, 1.54) is 0 Å². The van der Waals surface area contributed by atoms with Crippen molar-refractivity contribution in [2.24, 2.45) is 0 Å². The van der Waals surface area contributed by atoms with Crippen LogP contribution in [0.2, 0.25) is 0 Å². The number of carbonyl (C=O) groups excluding carboxylic acids is 1. The Kier molecular flexibility index (Phi) is 4.06. The quantitative estimate of drug-likeness (QED) is 0.879. The summed E-state index contributed by atoms with van der Waals surface area (Å²) in [5, 5.41) is 2.38. The molecule has 1 aromatic heterocycles. The van der Waals surface area contributed by atoms with Gasteiger partial charge in [-0.1, -0.05) is 23.7 Å². The molecule has 6 heteroatoms. The maximum atomic E-state index is 12.6. The van der Waals surface area contributed by atoms with Crippen LogP contribution >= 0.6 is 11.6 Å². The van der Waals surface area contributed by atoms with Gasteiger partial charge in [0.15, 0.2) is 0 Å². The van der Waals surface area contributed by atoms with Crippen LogP contribution in [-0.2, 0) is 4.79 Å². The number of aryl methyl sites for hydroxylation is 1. The number of hydrogen-bond acceptors (Lipinski definition) is 3. The predicted molar refractivity (Wildman–Crippen MR) is 71.6 cm³/mol. The molecule has 1 unspecified atom stereocenters. The Balaban J connectivity index is 2.27. The molecule has 19 heavy (non-hydrogen) atoms. The molecule has 0 aliphatic heterocycles. The van der Waals surface area contributed by atoms with Gasteiger partial charge in [-0.15, -0.1) is 0 Å². The first-order chi connectivity index (χ1) is 9.06. The highest BCUT2D eigenvalue weighted by atomic mass is 35.5. The second-order valence-corrected chi connectivity index (χ2v) is 4.24. The molecule has 0 spiro atoms. The number of alkyl halides is 2. The van der Waals surface area contributed by atoms with Crippen LogP contribution in [0.5, 0.6) is 0 Å². The van der Waals surface area contributed by atoms with E-state index in [0.717, 1.165) is 11.3 Å². The van der Waals surface area contributed by atoms with Crippen molar-refractivity contribution in [3.05, 3.63) is 42.4 Å². The van der Waals surface area contributed by atoms with Crippen molar-refractivity contribution < 1.29 is 9.18 Å². The average Bonchev–Trinajstić information content (AvgIpc) is 2.39.